The average Bonchev–Trinajstić information content (AvgIpc) is 3.53. The van der Waals surface area contributed by atoms with E-state index in [4.69, 9.17) is 52.5 Å². The minimum atomic E-state index is -2.86. The van der Waals surface area contributed by atoms with Gasteiger partial charge in [0.1, 0.15) is 22.5 Å². The van der Waals surface area contributed by atoms with E-state index in [2.05, 4.69) is 15.3 Å². The molecule has 0 bridgehead atoms. The van der Waals surface area contributed by atoms with Gasteiger partial charge in [0.2, 0.25) is 0 Å². The number of rotatable bonds is 6. The molecular formula is C20H18Cl3N3O2. The number of methoxy groups -OCH3 is 2. The Kier molecular flexibility index (Phi) is 3.72. The fourth-order valence-corrected chi connectivity index (χ4v) is 3.68. The SMILES string of the molecule is [2H]C([2H])([2H])Oc1cc(OC([2H])([2H])[2H])c(Cl)c(-c2cc3cnc(Cl)cc3c(NCC3CC3)n2)c1Cl. The summed E-state index contributed by atoms with van der Waals surface area (Å²) in [4.78, 5) is 8.76. The second kappa shape index (κ2) is 7.82. The summed E-state index contributed by atoms with van der Waals surface area (Å²) in [5.74, 6) is 0.379. The molecule has 1 saturated carbocycles. The molecular weight excluding hydrogens is 421 g/mol. The van der Waals surface area contributed by atoms with Gasteiger partial charge >= 0.3 is 0 Å². The van der Waals surface area contributed by atoms with Crippen molar-refractivity contribution in [3.63, 3.8) is 0 Å². The molecule has 2 aromatic heterocycles. The van der Waals surface area contributed by atoms with Gasteiger partial charge in [-0.3, -0.25) is 0 Å². The first-order valence-corrected chi connectivity index (χ1v) is 9.55. The Morgan fingerprint density at radius 2 is 1.82 bits per heavy atom. The number of nitrogens with zero attached hydrogens (tertiary/aromatic N) is 2. The van der Waals surface area contributed by atoms with Gasteiger partial charge < -0.3 is 14.8 Å². The molecule has 0 unspecified atom stereocenters. The monoisotopic (exact) mass is 443 g/mol. The van der Waals surface area contributed by atoms with Gasteiger partial charge in [-0.15, -0.1) is 0 Å². The van der Waals surface area contributed by atoms with Crippen molar-refractivity contribution in [1.82, 2.24) is 9.97 Å². The molecule has 1 aliphatic rings. The number of pyridine rings is 2. The van der Waals surface area contributed by atoms with Crippen LogP contribution in [0.2, 0.25) is 15.2 Å². The third-order valence-corrected chi connectivity index (χ3v) is 5.50. The average molecular weight is 445 g/mol. The summed E-state index contributed by atoms with van der Waals surface area (Å²) in [6.07, 6.45) is 3.79. The number of hydrogen-bond donors (Lipinski definition) is 1. The summed E-state index contributed by atoms with van der Waals surface area (Å²) >= 11 is 19.1. The fraction of sp³-hybridized carbons (Fsp3) is 0.300. The van der Waals surface area contributed by atoms with Gasteiger partial charge in [0.15, 0.2) is 0 Å². The van der Waals surface area contributed by atoms with E-state index in [0.717, 1.165) is 18.9 Å². The van der Waals surface area contributed by atoms with Crippen LogP contribution in [0, 0.1) is 5.92 Å². The molecule has 3 aromatic rings. The third-order valence-electron chi connectivity index (χ3n) is 4.55. The smallest absolute Gasteiger partial charge is 0.141 e. The lowest BCUT2D eigenvalue weighted by Gasteiger charge is -2.16. The van der Waals surface area contributed by atoms with Crippen molar-refractivity contribution >= 4 is 51.4 Å². The number of benzene rings is 1. The van der Waals surface area contributed by atoms with Gasteiger partial charge in [0, 0.05) is 35.1 Å². The maximum atomic E-state index is 7.43. The van der Waals surface area contributed by atoms with Gasteiger partial charge in [-0.2, -0.15) is 0 Å². The third kappa shape index (κ3) is 3.66. The molecule has 8 heteroatoms. The summed E-state index contributed by atoms with van der Waals surface area (Å²) < 4.78 is 54.6. The minimum Gasteiger partial charge on any atom is -0.495 e. The fourth-order valence-electron chi connectivity index (χ4n) is 2.91. The number of nitrogens with one attached hydrogen (secondary N) is 1. The van der Waals surface area contributed by atoms with Crippen LogP contribution in [0.15, 0.2) is 24.4 Å². The van der Waals surface area contributed by atoms with Gasteiger partial charge in [-0.1, -0.05) is 34.8 Å². The number of aromatic nitrogens is 2. The lowest BCUT2D eigenvalue weighted by Crippen LogP contribution is -2.06. The van der Waals surface area contributed by atoms with Crippen LogP contribution in [-0.2, 0) is 0 Å². The van der Waals surface area contributed by atoms with E-state index in [1.807, 2.05) is 0 Å². The Labute approximate surface area is 186 Å². The molecule has 2 heterocycles. The van der Waals surface area contributed by atoms with Crippen LogP contribution in [-0.4, -0.2) is 30.6 Å². The van der Waals surface area contributed by atoms with Crippen molar-refractivity contribution in [3.8, 4) is 22.8 Å². The molecule has 5 nitrogen and oxygen atoms in total. The van der Waals surface area contributed by atoms with Crippen LogP contribution in [0.25, 0.3) is 22.0 Å². The second-order valence-corrected chi connectivity index (χ2v) is 7.63. The predicted octanol–water partition coefficient (Wildman–Crippen LogP) is 6.10. The molecule has 0 spiro atoms. The standard InChI is InChI=1S/C20H18Cl3N3O2/c1-27-14-7-15(28-2)19(23)17(18(14)22)13-5-11-9-24-16(21)6-12(11)20(26-13)25-8-10-3-4-10/h5-7,9-10H,3-4,8H2,1-2H3,(H,25,26)/i1D3,2D3. The van der Waals surface area contributed by atoms with Crippen molar-refractivity contribution < 1.29 is 17.7 Å². The maximum absolute atomic E-state index is 7.43. The predicted molar refractivity (Wildman–Crippen MR) is 114 cm³/mol. The molecule has 0 aliphatic heterocycles. The van der Waals surface area contributed by atoms with Gasteiger partial charge in [0.05, 0.1) is 38.0 Å². The molecule has 146 valence electrons. The number of ether oxygens (including phenoxy) is 2. The highest BCUT2D eigenvalue weighted by molar-refractivity contribution is 6.41. The first-order valence-electron chi connectivity index (χ1n) is 11.4. The molecule has 4 rings (SSSR count). The van der Waals surface area contributed by atoms with E-state index in [-0.39, 0.29) is 38.0 Å². The van der Waals surface area contributed by atoms with Crippen LogP contribution in [0.1, 0.15) is 21.1 Å². The summed E-state index contributed by atoms with van der Waals surface area (Å²) in [5.41, 5.74) is 0.284. The van der Waals surface area contributed by atoms with Crippen LogP contribution < -0.4 is 14.8 Å². The zero-order chi connectivity index (χ0) is 24.8. The molecule has 1 N–H and O–H groups in total. The lowest BCUT2D eigenvalue weighted by atomic mass is 10.1. The summed E-state index contributed by atoms with van der Waals surface area (Å²) in [6, 6.07) is 4.33. The van der Waals surface area contributed by atoms with Crippen LogP contribution >= 0.6 is 34.8 Å². The second-order valence-electron chi connectivity index (χ2n) is 6.49. The Hall–Kier alpha value is -1.95. The summed E-state index contributed by atoms with van der Waals surface area (Å²) in [5, 5.41) is 4.63. The highest BCUT2D eigenvalue weighted by Crippen LogP contribution is 2.46. The van der Waals surface area contributed by atoms with Crippen molar-refractivity contribution in [2.75, 3.05) is 25.9 Å². The zero-order valence-electron chi connectivity index (χ0n) is 20.4. The lowest BCUT2D eigenvalue weighted by molar-refractivity contribution is 0.395. The molecule has 1 fully saturated rings. The van der Waals surface area contributed by atoms with E-state index in [1.54, 1.807) is 18.3 Å². The van der Waals surface area contributed by atoms with Crippen molar-refractivity contribution in [2.45, 2.75) is 12.8 Å². The Morgan fingerprint density at radius 1 is 1.11 bits per heavy atom. The van der Waals surface area contributed by atoms with Crippen molar-refractivity contribution in [3.05, 3.63) is 39.6 Å². The van der Waals surface area contributed by atoms with Gasteiger partial charge in [-0.05, 0) is 30.9 Å². The highest BCUT2D eigenvalue weighted by atomic mass is 35.5. The highest BCUT2D eigenvalue weighted by Gasteiger charge is 2.23. The topological polar surface area (TPSA) is 56.3 Å². The van der Waals surface area contributed by atoms with Crippen LogP contribution in [0.3, 0.4) is 0 Å². The Morgan fingerprint density at radius 3 is 2.46 bits per heavy atom. The van der Waals surface area contributed by atoms with E-state index < -0.39 is 14.1 Å². The Balaban J connectivity index is 1.92. The molecule has 0 radical (unpaired) electrons. The molecule has 28 heavy (non-hydrogen) atoms. The quantitative estimate of drug-likeness (QED) is 0.466. The number of fused-ring (bicyclic) bond motifs is 1. The first kappa shape index (κ1) is 13.3. The van der Waals surface area contributed by atoms with E-state index in [1.165, 1.54) is 0 Å². The van der Waals surface area contributed by atoms with E-state index >= 15 is 0 Å². The van der Waals surface area contributed by atoms with Gasteiger partial charge in [-0.25, -0.2) is 9.97 Å². The van der Waals surface area contributed by atoms with Crippen LogP contribution in [0.4, 0.5) is 5.82 Å². The van der Waals surface area contributed by atoms with E-state index in [9.17, 15) is 0 Å². The molecule has 0 atom stereocenters. The van der Waals surface area contributed by atoms with Crippen molar-refractivity contribution in [2.24, 2.45) is 5.92 Å². The summed E-state index contributed by atoms with van der Waals surface area (Å²) in [6.45, 7) is 0.697. The normalized spacial score (nSPS) is 17.7. The molecule has 1 aliphatic carbocycles. The number of halogens is 3. The van der Waals surface area contributed by atoms with E-state index in [0.29, 0.717) is 29.1 Å². The molecule has 0 saturated heterocycles. The Bertz CT molecular complexity index is 1210. The number of hydrogen-bond acceptors (Lipinski definition) is 5. The number of anilines is 1. The van der Waals surface area contributed by atoms with Crippen LogP contribution in [0.5, 0.6) is 11.5 Å². The largest absolute Gasteiger partial charge is 0.495 e. The first-order chi connectivity index (χ1) is 15.8. The summed E-state index contributed by atoms with van der Waals surface area (Å²) in [7, 11) is -5.72. The zero-order valence-corrected chi connectivity index (χ0v) is 16.6. The minimum absolute atomic E-state index is 0.0515. The molecule has 1 aromatic carbocycles. The van der Waals surface area contributed by atoms with Crippen molar-refractivity contribution in [1.29, 1.82) is 0 Å². The molecule has 0 amide bonds. The van der Waals surface area contributed by atoms with Gasteiger partial charge in [0.25, 0.3) is 0 Å². The maximum Gasteiger partial charge on any atom is 0.141 e.